The van der Waals surface area contributed by atoms with Gasteiger partial charge in [-0.25, -0.2) is 0 Å². The van der Waals surface area contributed by atoms with E-state index in [4.69, 9.17) is 5.73 Å². The van der Waals surface area contributed by atoms with Crippen LogP contribution in [0.1, 0.15) is 19.3 Å². The third kappa shape index (κ3) is 5.03. The number of nitrogens with zero attached hydrogens (tertiary/aromatic N) is 1. The minimum absolute atomic E-state index is 0.0698. The van der Waals surface area contributed by atoms with Crippen LogP contribution >= 0.6 is 22.6 Å². The smallest absolute Gasteiger partial charge is 0.238 e. The topological polar surface area (TPSA) is 58.4 Å². The van der Waals surface area contributed by atoms with Gasteiger partial charge in [-0.15, -0.1) is 0 Å². The molecule has 1 heterocycles. The van der Waals surface area contributed by atoms with Gasteiger partial charge in [0, 0.05) is 15.8 Å². The van der Waals surface area contributed by atoms with Crippen molar-refractivity contribution in [1.82, 2.24) is 4.90 Å². The average Bonchev–Trinajstić information content (AvgIpc) is 2.39. The lowest BCUT2D eigenvalue weighted by Gasteiger charge is -2.32. The Morgan fingerprint density at radius 3 is 3.10 bits per heavy atom. The largest absolute Gasteiger partial charge is 0.330 e. The molecule has 1 amide bonds. The molecule has 0 spiro atoms. The highest BCUT2D eigenvalue weighted by Crippen LogP contribution is 2.19. The van der Waals surface area contributed by atoms with Gasteiger partial charge >= 0.3 is 0 Å². The molecule has 1 aliphatic heterocycles. The molecule has 0 saturated carbocycles. The Kier molecular flexibility index (Phi) is 6.25. The van der Waals surface area contributed by atoms with E-state index < -0.39 is 0 Å². The number of hydrogen-bond acceptors (Lipinski definition) is 3. The second kappa shape index (κ2) is 7.95. The first-order valence-electron chi connectivity index (χ1n) is 7.15. The summed E-state index contributed by atoms with van der Waals surface area (Å²) in [6.07, 6.45) is 3.47. The fraction of sp³-hybridized carbons (Fsp3) is 0.533. The number of carbonyl (C=O) groups excluding carboxylic acids is 1. The zero-order valence-electron chi connectivity index (χ0n) is 11.6. The van der Waals surface area contributed by atoms with Crippen LogP contribution in [0, 0.1) is 9.49 Å². The van der Waals surface area contributed by atoms with Crippen molar-refractivity contribution in [1.29, 1.82) is 0 Å². The molecule has 1 aromatic carbocycles. The van der Waals surface area contributed by atoms with E-state index in [0.717, 1.165) is 35.3 Å². The third-order valence-electron chi connectivity index (χ3n) is 3.65. The van der Waals surface area contributed by atoms with E-state index >= 15 is 0 Å². The number of amides is 1. The van der Waals surface area contributed by atoms with Crippen LogP contribution in [0.4, 0.5) is 5.69 Å². The fourth-order valence-electron chi connectivity index (χ4n) is 2.74. The Morgan fingerprint density at radius 2 is 2.35 bits per heavy atom. The molecule has 1 fully saturated rings. The quantitative estimate of drug-likeness (QED) is 0.763. The Morgan fingerprint density at radius 1 is 1.50 bits per heavy atom. The van der Waals surface area contributed by atoms with E-state index in [1.807, 2.05) is 24.3 Å². The maximum Gasteiger partial charge on any atom is 0.238 e. The number of anilines is 1. The molecule has 1 aromatic rings. The predicted molar refractivity (Wildman–Crippen MR) is 90.6 cm³/mol. The van der Waals surface area contributed by atoms with Crippen LogP contribution in [0.3, 0.4) is 0 Å². The summed E-state index contributed by atoms with van der Waals surface area (Å²) in [5, 5.41) is 2.97. The fourth-order valence-corrected chi connectivity index (χ4v) is 3.28. The summed E-state index contributed by atoms with van der Waals surface area (Å²) in [7, 11) is 0. The first kappa shape index (κ1) is 15.7. The number of nitrogens with one attached hydrogen (secondary N) is 1. The summed E-state index contributed by atoms with van der Waals surface area (Å²) in [4.78, 5) is 14.3. The standard InChI is InChI=1S/C15H22IN3O/c16-13-4-1-5-14(9-13)18-15(20)11-19-8-2-3-12(10-19)6-7-17/h1,4-5,9,12H,2-3,6-8,10-11,17H2,(H,18,20). The third-order valence-corrected chi connectivity index (χ3v) is 4.32. The van der Waals surface area contributed by atoms with Gasteiger partial charge in [-0.3, -0.25) is 9.69 Å². The number of hydrogen-bond donors (Lipinski definition) is 2. The van der Waals surface area contributed by atoms with Gasteiger partial charge in [0.15, 0.2) is 0 Å². The summed E-state index contributed by atoms with van der Waals surface area (Å²) >= 11 is 2.25. The minimum atomic E-state index is 0.0698. The van der Waals surface area contributed by atoms with Gasteiger partial charge in [0.05, 0.1) is 6.54 Å². The van der Waals surface area contributed by atoms with Crippen LogP contribution in [0.5, 0.6) is 0 Å². The van der Waals surface area contributed by atoms with Gasteiger partial charge in [-0.05, 0) is 79.1 Å². The van der Waals surface area contributed by atoms with Crippen molar-refractivity contribution in [3.05, 3.63) is 27.8 Å². The van der Waals surface area contributed by atoms with Crippen molar-refractivity contribution in [2.24, 2.45) is 11.7 Å². The molecule has 1 atom stereocenters. The Labute approximate surface area is 134 Å². The molecule has 3 N–H and O–H groups in total. The van der Waals surface area contributed by atoms with E-state index in [1.165, 1.54) is 12.8 Å². The molecule has 0 radical (unpaired) electrons. The maximum atomic E-state index is 12.1. The Bertz CT molecular complexity index is 450. The van der Waals surface area contributed by atoms with Gasteiger partial charge < -0.3 is 11.1 Å². The first-order valence-corrected chi connectivity index (χ1v) is 8.23. The summed E-state index contributed by atoms with van der Waals surface area (Å²) in [6.45, 7) is 3.23. The van der Waals surface area contributed by atoms with Crippen molar-refractivity contribution in [3.8, 4) is 0 Å². The zero-order chi connectivity index (χ0) is 14.4. The van der Waals surface area contributed by atoms with E-state index in [2.05, 4.69) is 32.8 Å². The van der Waals surface area contributed by atoms with E-state index in [9.17, 15) is 4.79 Å². The van der Waals surface area contributed by atoms with Gasteiger partial charge in [-0.1, -0.05) is 6.07 Å². The van der Waals surface area contributed by atoms with E-state index in [0.29, 0.717) is 12.5 Å². The zero-order valence-corrected chi connectivity index (χ0v) is 13.8. The minimum Gasteiger partial charge on any atom is -0.330 e. The highest BCUT2D eigenvalue weighted by Gasteiger charge is 2.20. The second-order valence-corrected chi connectivity index (χ2v) is 6.62. The first-order chi connectivity index (χ1) is 9.67. The van der Waals surface area contributed by atoms with Crippen LogP contribution in [-0.4, -0.2) is 37.0 Å². The number of benzene rings is 1. The summed E-state index contributed by atoms with van der Waals surface area (Å²) < 4.78 is 1.13. The molecule has 1 unspecified atom stereocenters. The summed E-state index contributed by atoms with van der Waals surface area (Å²) in [6, 6.07) is 7.87. The molecule has 2 rings (SSSR count). The monoisotopic (exact) mass is 387 g/mol. The number of carbonyl (C=O) groups is 1. The molecule has 5 heteroatoms. The van der Waals surface area contributed by atoms with Crippen molar-refractivity contribution >= 4 is 34.2 Å². The highest BCUT2D eigenvalue weighted by atomic mass is 127. The molecule has 0 aliphatic carbocycles. The molecule has 1 saturated heterocycles. The van der Waals surface area contributed by atoms with Crippen LogP contribution < -0.4 is 11.1 Å². The number of likely N-dealkylation sites (tertiary alicyclic amines) is 1. The summed E-state index contributed by atoms with van der Waals surface area (Å²) in [5.41, 5.74) is 6.50. The summed E-state index contributed by atoms with van der Waals surface area (Å²) in [5.74, 6) is 0.722. The molecule has 110 valence electrons. The van der Waals surface area contributed by atoms with Gasteiger partial charge in [0.25, 0.3) is 0 Å². The average molecular weight is 387 g/mol. The van der Waals surface area contributed by atoms with E-state index in [-0.39, 0.29) is 5.91 Å². The SMILES string of the molecule is NCCC1CCCN(CC(=O)Nc2cccc(I)c2)C1. The van der Waals surface area contributed by atoms with Crippen molar-refractivity contribution in [2.75, 3.05) is 31.5 Å². The molecular weight excluding hydrogens is 365 g/mol. The molecule has 20 heavy (non-hydrogen) atoms. The van der Waals surface area contributed by atoms with E-state index in [1.54, 1.807) is 0 Å². The van der Waals surface area contributed by atoms with Crippen molar-refractivity contribution < 1.29 is 4.79 Å². The number of piperidine rings is 1. The molecule has 1 aliphatic rings. The second-order valence-electron chi connectivity index (χ2n) is 5.38. The van der Waals surface area contributed by atoms with Gasteiger partial charge in [0.1, 0.15) is 0 Å². The lowest BCUT2D eigenvalue weighted by molar-refractivity contribution is -0.117. The van der Waals surface area contributed by atoms with Crippen LogP contribution in [0.2, 0.25) is 0 Å². The number of halogens is 1. The number of nitrogens with two attached hydrogens (primary N) is 1. The van der Waals surface area contributed by atoms with Crippen molar-refractivity contribution in [2.45, 2.75) is 19.3 Å². The number of rotatable bonds is 5. The Hall–Kier alpha value is -0.660. The lowest BCUT2D eigenvalue weighted by atomic mass is 9.95. The van der Waals surface area contributed by atoms with Crippen molar-refractivity contribution in [3.63, 3.8) is 0 Å². The maximum absolute atomic E-state index is 12.1. The van der Waals surface area contributed by atoms with Crippen LogP contribution in [0.15, 0.2) is 24.3 Å². The van der Waals surface area contributed by atoms with Crippen LogP contribution in [-0.2, 0) is 4.79 Å². The lowest BCUT2D eigenvalue weighted by Crippen LogP contribution is -2.40. The normalized spacial score (nSPS) is 19.8. The van der Waals surface area contributed by atoms with Crippen LogP contribution in [0.25, 0.3) is 0 Å². The predicted octanol–water partition coefficient (Wildman–Crippen LogP) is 2.29. The highest BCUT2D eigenvalue weighted by molar-refractivity contribution is 14.1. The molecule has 0 bridgehead atoms. The van der Waals surface area contributed by atoms with Gasteiger partial charge in [-0.2, -0.15) is 0 Å². The molecule has 4 nitrogen and oxygen atoms in total. The molecular formula is C15H22IN3O. The molecule has 0 aromatic heterocycles. The Balaban J connectivity index is 1.82. The van der Waals surface area contributed by atoms with Gasteiger partial charge in [0.2, 0.25) is 5.91 Å².